The summed E-state index contributed by atoms with van der Waals surface area (Å²) in [6, 6.07) is 0. The van der Waals surface area contributed by atoms with Crippen LogP contribution in [0.25, 0.3) is 0 Å². The molecule has 0 bridgehead atoms. The van der Waals surface area contributed by atoms with Gasteiger partial charge in [0.15, 0.2) is 0 Å². The number of nitrogens with zero attached hydrogens (tertiary/aromatic N) is 2. The lowest BCUT2D eigenvalue weighted by Gasteiger charge is -2.36. The van der Waals surface area contributed by atoms with E-state index in [1.54, 1.807) is 0 Å². The van der Waals surface area contributed by atoms with Crippen LogP contribution in [0.4, 0.5) is 0 Å². The lowest BCUT2D eigenvalue weighted by Crippen LogP contribution is -2.47. The van der Waals surface area contributed by atoms with Gasteiger partial charge in [0.05, 0.1) is 0 Å². The topological polar surface area (TPSA) is 6.48 Å². The second-order valence-corrected chi connectivity index (χ2v) is 5.22. The van der Waals surface area contributed by atoms with Crippen molar-refractivity contribution in [2.75, 3.05) is 44.6 Å². The fraction of sp³-hybridized carbons (Fsp3) is 1.00. The second kappa shape index (κ2) is 7.64. The van der Waals surface area contributed by atoms with Crippen LogP contribution in [0.2, 0.25) is 0 Å². The molecule has 3 heteroatoms. The molecule has 0 spiro atoms. The van der Waals surface area contributed by atoms with Crippen molar-refractivity contribution in [2.24, 2.45) is 5.92 Å². The molecule has 0 saturated carbocycles. The van der Waals surface area contributed by atoms with Crippen LogP contribution >= 0.6 is 15.9 Å². The van der Waals surface area contributed by atoms with Gasteiger partial charge in [0.2, 0.25) is 0 Å². The van der Waals surface area contributed by atoms with Gasteiger partial charge in [-0.05, 0) is 18.9 Å². The van der Waals surface area contributed by atoms with Crippen molar-refractivity contribution >= 4 is 15.9 Å². The minimum atomic E-state index is 0.836. The third kappa shape index (κ3) is 4.83. The van der Waals surface area contributed by atoms with Gasteiger partial charge < -0.3 is 9.80 Å². The number of hydrogen-bond donors (Lipinski definition) is 0. The summed E-state index contributed by atoms with van der Waals surface area (Å²) in [7, 11) is 0. The fourth-order valence-electron chi connectivity index (χ4n) is 2.16. The lowest BCUT2D eigenvalue weighted by atomic mass is 10.1. The molecule has 1 atom stereocenters. The number of alkyl halides is 1. The summed E-state index contributed by atoms with van der Waals surface area (Å²) in [4.78, 5) is 5.22. The molecule has 1 aliphatic rings. The first-order valence-corrected chi connectivity index (χ1v) is 7.43. The van der Waals surface area contributed by atoms with Crippen LogP contribution in [-0.4, -0.2) is 54.4 Å². The predicted octanol–water partition coefficient (Wildman–Crippen LogP) is 2.44. The zero-order chi connectivity index (χ0) is 11.1. The highest BCUT2D eigenvalue weighted by molar-refractivity contribution is 9.09. The van der Waals surface area contributed by atoms with Crippen LogP contribution in [0.5, 0.6) is 0 Å². The molecule has 15 heavy (non-hydrogen) atoms. The van der Waals surface area contributed by atoms with Crippen molar-refractivity contribution in [1.29, 1.82) is 0 Å². The molecule has 1 aliphatic heterocycles. The zero-order valence-corrected chi connectivity index (χ0v) is 11.8. The number of halogens is 1. The average Bonchev–Trinajstić information content (AvgIpc) is 2.28. The maximum absolute atomic E-state index is 3.60. The van der Waals surface area contributed by atoms with Gasteiger partial charge in [-0.1, -0.05) is 36.2 Å². The van der Waals surface area contributed by atoms with E-state index in [1.165, 1.54) is 52.1 Å². The van der Waals surface area contributed by atoms with E-state index >= 15 is 0 Å². The van der Waals surface area contributed by atoms with E-state index in [9.17, 15) is 0 Å². The number of piperazine rings is 1. The average molecular weight is 277 g/mol. The van der Waals surface area contributed by atoms with Gasteiger partial charge in [-0.3, -0.25) is 0 Å². The number of rotatable bonds is 6. The van der Waals surface area contributed by atoms with E-state index in [0.29, 0.717) is 0 Å². The first-order valence-electron chi connectivity index (χ1n) is 6.30. The summed E-state index contributed by atoms with van der Waals surface area (Å²) in [6.45, 7) is 12.2. The molecule has 1 fully saturated rings. The Morgan fingerprint density at radius 2 is 1.67 bits per heavy atom. The van der Waals surface area contributed by atoms with E-state index in [1.807, 2.05) is 0 Å². The molecule has 0 amide bonds. The third-order valence-electron chi connectivity index (χ3n) is 3.32. The van der Waals surface area contributed by atoms with Crippen molar-refractivity contribution in [2.45, 2.75) is 26.7 Å². The second-order valence-electron chi connectivity index (χ2n) is 4.57. The molecule has 1 unspecified atom stereocenters. The van der Waals surface area contributed by atoms with Crippen LogP contribution in [0.1, 0.15) is 26.7 Å². The van der Waals surface area contributed by atoms with Crippen LogP contribution in [0, 0.1) is 5.92 Å². The smallest absolute Gasteiger partial charge is 0.0110 e. The highest BCUT2D eigenvalue weighted by Gasteiger charge is 2.18. The Kier molecular flexibility index (Phi) is 6.86. The lowest BCUT2D eigenvalue weighted by molar-refractivity contribution is 0.120. The molecule has 1 heterocycles. The minimum absolute atomic E-state index is 0.836. The molecular formula is C12H25BrN2. The largest absolute Gasteiger partial charge is 0.301 e. The summed E-state index contributed by atoms with van der Waals surface area (Å²) in [6.07, 6.45) is 2.58. The van der Waals surface area contributed by atoms with Crippen molar-refractivity contribution in [3.05, 3.63) is 0 Å². The highest BCUT2D eigenvalue weighted by Crippen LogP contribution is 2.11. The van der Waals surface area contributed by atoms with Gasteiger partial charge in [0, 0.05) is 38.1 Å². The van der Waals surface area contributed by atoms with Gasteiger partial charge in [-0.25, -0.2) is 0 Å². The first kappa shape index (κ1) is 13.5. The Morgan fingerprint density at radius 1 is 1.07 bits per heavy atom. The molecule has 90 valence electrons. The molecular weight excluding hydrogens is 252 g/mol. The SMILES string of the molecule is CCCN1CCN(CC(CC)CBr)CC1. The molecule has 0 aliphatic carbocycles. The quantitative estimate of drug-likeness (QED) is 0.688. The van der Waals surface area contributed by atoms with Gasteiger partial charge in [-0.2, -0.15) is 0 Å². The van der Waals surface area contributed by atoms with Crippen LogP contribution in [-0.2, 0) is 0 Å². The van der Waals surface area contributed by atoms with E-state index in [4.69, 9.17) is 0 Å². The molecule has 0 N–H and O–H groups in total. The van der Waals surface area contributed by atoms with E-state index in [-0.39, 0.29) is 0 Å². The monoisotopic (exact) mass is 276 g/mol. The molecule has 1 rings (SSSR count). The Bertz CT molecular complexity index is 152. The summed E-state index contributed by atoms with van der Waals surface area (Å²) in [5.74, 6) is 0.836. The normalized spacial score (nSPS) is 21.8. The van der Waals surface area contributed by atoms with Gasteiger partial charge in [0.1, 0.15) is 0 Å². The van der Waals surface area contributed by atoms with Gasteiger partial charge in [0.25, 0.3) is 0 Å². The maximum Gasteiger partial charge on any atom is 0.0110 e. The van der Waals surface area contributed by atoms with Crippen LogP contribution in [0.15, 0.2) is 0 Å². The first-order chi connectivity index (χ1) is 7.30. The third-order valence-corrected chi connectivity index (χ3v) is 4.23. The standard InChI is InChI=1S/C12H25BrN2/c1-3-5-14-6-8-15(9-7-14)11-12(4-2)10-13/h12H,3-11H2,1-2H3. The zero-order valence-electron chi connectivity index (χ0n) is 10.2. The van der Waals surface area contributed by atoms with Crippen molar-refractivity contribution in [1.82, 2.24) is 9.80 Å². The summed E-state index contributed by atoms with van der Waals surface area (Å²) < 4.78 is 0. The van der Waals surface area contributed by atoms with E-state index < -0.39 is 0 Å². The Balaban J connectivity index is 2.19. The minimum Gasteiger partial charge on any atom is -0.301 e. The molecule has 0 aromatic heterocycles. The van der Waals surface area contributed by atoms with Crippen molar-refractivity contribution in [3.63, 3.8) is 0 Å². The Hall–Kier alpha value is 0.400. The Morgan fingerprint density at radius 3 is 2.13 bits per heavy atom. The molecule has 0 aromatic carbocycles. The van der Waals surface area contributed by atoms with Crippen molar-refractivity contribution < 1.29 is 0 Å². The van der Waals surface area contributed by atoms with E-state index in [2.05, 4.69) is 39.6 Å². The van der Waals surface area contributed by atoms with Gasteiger partial charge in [-0.15, -0.1) is 0 Å². The highest BCUT2D eigenvalue weighted by atomic mass is 79.9. The summed E-state index contributed by atoms with van der Waals surface area (Å²) in [5.41, 5.74) is 0. The Labute approximate surface area is 103 Å². The van der Waals surface area contributed by atoms with Crippen LogP contribution in [0.3, 0.4) is 0 Å². The van der Waals surface area contributed by atoms with E-state index in [0.717, 1.165) is 11.2 Å². The maximum atomic E-state index is 3.60. The number of hydrogen-bond acceptors (Lipinski definition) is 2. The van der Waals surface area contributed by atoms with Crippen molar-refractivity contribution in [3.8, 4) is 0 Å². The summed E-state index contributed by atoms with van der Waals surface area (Å²) in [5, 5.41) is 1.15. The molecule has 1 saturated heterocycles. The molecule has 2 nitrogen and oxygen atoms in total. The summed E-state index contributed by atoms with van der Waals surface area (Å²) >= 11 is 3.60. The fourth-order valence-corrected chi connectivity index (χ4v) is 2.83. The predicted molar refractivity (Wildman–Crippen MR) is 70.7 cm³/mol. The van der Waals surface area contributed by atoms with Gasteiger partial charge >= 0.3 is 0 Å². The van der Waals surface area contributed by atoms with Crippen LogP contribution < -0.4 is 0 Å². The molecule has 0 aromatic rings. The molecule has 0 radical (unpaired) electrons.